The highest BCUT2D eigenvalue weighted by atomic mass is 32.1. The molecule has 2 unspecified atom stereocenters. The first-order chi connectivity index (χ1) is 9.88. The van der Waals surface area contributed by atoms with Gasteiger partial charge in [-0.05, 0) is 37.5 Å². The number of aromatic carboxylic acids is 1. The van der Waals surface area contributed by atoms with Gasteiger partial charge in [-0.3, -0.25) is 0 Å². The number of nitrogens with zero attached hydrogens (tertiary/aromatic N) is 1. The van der Waals surface area contributed by atoms with Crippen molar-refractivity contribution in [3.8, 4) is 0 Å². The van der Waals surface area contributed by atoms with Crippen molar-refractivity contribution in [3.63, 3.8) is 0 Å². The number of rotatable bonds is 5. The van der Waals surface area contributed by atoms with E-state index in [0.29, 0.717) is 28.8 Å². The Labute approximate surface area is 130 Å². The second-order valence-corrected chi connectivity index (χ2v) is 7.60. The molecule has 4 nitrogen and oxygen atoms in total. The van der Waals surface area contributed by atoms with Crippen LogP contribution in [0.1, 0.15) is 66.8 Å². The van der Waals surface area contributed by atoms with Gasteiger partial charge in [-0.2, -0.15) is 0 Å². The minimum absolute atomic E-state index is 0.383. The first-order valence-electron chi connectivity index (χ1n) is 7.66. The molecule has 2 atom stereocenters. The van der Waals surface area contributed by atoms with Crippen molar-refractivity contribution in [2.24, 2.45) is 11.8 Å². The van der Waals surface area contributed by atoms with Gasteiger partial charge in [0.15, 0.2) is 0 Å². The summed E-state index contributed by atoms with van der Waals surface area (Å²) in [5.74, 6) is 0.107. The van der Waals surface area contributed by atoms with Crippen LogP contribution in [0.3, 0.4) is 0 Å². The third-order valence-electron chi connectivity index (χ3n) is 4.23. The molecule has 21 heavy (non-hydrogen) atoms. The average molecular weight is 311 g/mol. The van der Waals surface area contributed by atoms with E-state index < -0.39 is 5.97 Å². The first kappa shape index (κ1) is 16.4. The van der Waals surface area contributed by atoms with Crippen LogP contribution in [0.5, 0.6) is 0 Å². The van der Waals surface area contributed by atoms with Crippen molar-refractivity contribution < 1.29 is 14.6 Å². The summed E-state index contributed by atoms with van der Waals surface area (Å²) in [7, 11) is 1.72. The molecular formula is C16H25NO3S. The third kappa shape index (κ3) is 3.46. The number of aromatic nitrogens is 1. The molecule has 0 saturated heterocycles. The zero-order valence-corrected chi connectivity index (χ0v) is 14.1. The van der Waals surface area contributed by atoms with Gasteiger partial charge >= 0.3 is 5.97 Å². The largest absolute Gasteiger partial charge is 0.477 e. The van der Waals surface area contributed by atoms with E-state index in [0.717, 1.165) is 24.3 Å². The zero-order valence-electron chi connectivity index (χ0n) is 13.3. The Kier molecular flexibility index (Phi) is 5.04. The van der Waals surface area contributed by atoms with Crippen molar-refractivity contribution in [2.45, 2.75) is 58.5 Å². The van der Waals surface area contributed by atoms with Crippen LogP contribution in [0.25, 0.3) is 0 Å². The number of carbonyl (C=O) groups is 1. The molecule has 0 aliphatic heterocycles. The molecule has 0 amide bonds. The number of hydrogen-bond acceptors (Lipinski definition) is 4. The molecular weight excluding hydrogens is 286 g/mol. The summed E-state index contributed by atoms with van der Waals surface area (Å²) in [4.78, 5) is 16.6. The number of methoxy groups -OCH3 is 1. The molecule has 1 heterocycles. The lowest BCUT2D eigenvalue weighted by Crippen LogP contribution is -2.34. The van der Waals surface area contributed by atoms with Crippen molar-refractivity contribution >= 4 is 17.3 Å². The fourth-order valence-electron chi connectivity index (χ4n) is 3.21. The maximum atomic E-state index is 11.5. The van der Waals surface area contributed by atoms with E-state index in [1.54, 1.807) is 7.11 Å². The molecule has 0 radical (unpaired) electrons. The van der Waals surface area contributed by atoms with Gasteiger partial charge in [0.05, 0.1) is 5.69 Å². The molecule has 1 aliphatic rings. The Morgan fingerprint density at radius 3 is 2.81 bits per heavy atom. The second-order valence-electron chi connectivity index (χ2n) is 6.60. The van der Waals surface area contributed by atoms with Crippen LogP contribution in [-0.2, 0) is 16.8 Å². The van der Waals surface area contributed by atoms with Crippen molar-refractivity contribution in [1.82, 2.24) is 4.98 Å². The quantitative estimate of drug-likeness (QED) is 0.889. The monoisotopic (exact) mass is 311 g/mol. The van der Waals surface area contributed by atoms with E-state index in [4.69, 9.17) is 4.74 Å². The maximum Gasteiger partial charge on any atom is 0.347 e. The topological polar surface area (TPSA) is 59.4 Å². The lowest BCUT2D eigenvalue weighted by molar-refractivity contribution is -0.0581. The Bertz CT molecular complexity index is 512. The molecule has 1 N–H and O–H groups in total. The minimum atomic E-state index is -0.871. The standard InChI is InChI=1S/C16H25NO3S/c1-10(2)8-12-13(14(18)19)21-15(17-12)16(20-4)7-5-6-11(3)9-16/h10-11H,5-9H2,1-4H3,(H,18,19). The number of hydrogen-bond donors (Lipinski definition) is 1. The second kappa shape index (κ2) is 6.44. The number of ether oxygens (including phenoxy) is 1. The predicted molar refractivity (Wildman–Crippen MR) is 83.9 cm³/mol. The minimum Gasteiger partial charge on any atom is -0.477 e. The van der Waals surface area contributed by atoms with E-state index in [2.05, 4.69) is 25.8 Å². The van der Waals surface area contributed by atoms with Crippen LogP contribution >= 0.6 is 11.3 Å². The van der Waals surface area contributed by atoms with Crippen molar-refractivity contribution in [1.29, 1.82) is 0 Å². The SMILES string of the molecule is COC1(c2nc(CC(C)C)c(C(=O)O)s2)CCCC(C)C1. The van der Waals surface area contributed by atoms with E-state index in [-0.39, 0.29) is 5.60 Å². The third-order valence-corrected chi connectivity index (χ3v) is 5.50. The molecule has 1 fully saturated rings. The van der Waals surface area contributed by atoms with Crippen LogP contribution in [-0.4, -0.2) is 23.2 Å². The summed E-state index contributed by atoms with van der Waals surface area (Å²) >= 11 is 1.31. The Morgan fingerprint density at radius 1 is 1.57 bits per heavy atom. The molecule has 0 aromatic carbocycles. The van der Waals surface area contributed by atoms with Gasteiger partial charge in [-0.15, -0.1) is 11.3 Å². The molecule has 0 bridgehead atoms. The highest BCUT2D eigenvalue weighted by Crippen LogP contribution is 2.44. The summed E-state index contributed by atoms with van der Waals surface area (Å²) in [5.41, 5.74) is 0.328. The molecule has 1 saturated carbocycles. The smallest absolute Gasteiger partial charge is 0.347 e. The molecule has 1 aromatic heterocycles. The van der Waals surface area contributed by atoms with Crippen LogP contribution < -0.4 is 0 Å². The summed E-state index contributed by atoms with van der Waals surface area (Å²) in [5, 5.41) is 10.3. The summed E-state index contributed by atoms with van der Waals surface area (Å²) in [6.07, 6.45) is 4.88. The molecule has 118 valence electrons. The maximum absolute atomic E-state index is 11.5. The van der Waals surface area contributed by atoms with E-state index in [1.807, 2.05) is 0 Å². The molecule has 0 spiro atoms. The van der Waals surface area contributed by atoms with Crippen LogP contribution in [0.2, 0.25) is 0 Å². The number of carboxylic acid groups (broad SMARTS) is 1. The summed E-state index contributed by atoms with van der Waals surface area (Å²) < 4.78 is 5.84. The van der Waals surface area contributed by atoms with Crippen LogP contribution in [0.15, 0.2) is 0 Å². The highest BCUT2D eigenvalue weighted by Gasteiger charge is 2.40. The van der Waals surface area contributed by atoms with Gasteiger partial charge < -0.3 is 9.84 Å². The molecule has 2 rings (SSSR count). The Balaban J connectivity index is 2.40. The summed E-state index contributed by atoms with van der Waals surface area (Å²) in [6, 6.07) is 0. The van der Waals surface area contributed by atoms with Gasteiger partial charge in [0.1, 0.15) is 15.5 Å². The van der Waals surface area contributed by atoms with Crippen molar-refractivity contribution in [3.05, 3.63) is 15.6 Å². The van der Waals surface area contributed by atoms with Gasteiger partial charge in [-0.25, -0.2) is 9.78 Å². The average Bonchev–Trinajstić information content (AvgIpc) is 2.82. The normalized spacial score (nSPS) is 26.2. The lowest BCUT2D eigenvalue weighted by Gasteiger charge is -2.37. The molecule has 5 heteroatoms. The Hall–Kier alpha value is -0.940. The fraction of sp³-hybridized carbons (Fsp3) is 0.750. The van der Waals surface area contributed by atoms with Crippen LogP contribution in [0, 0.1) is 11.8 Å². The van der Waals surface area contributed by atoms with E-state index in [1.165, 1.54) is 17.8 Å². The van der Waals surface area contributed by atoms with Crippen LogP contribution in [0.4, 0.5) is 0 Å². The molecule has 1 aromatic rings. The molecule has 1 aliphatic carbocycles. The van der Waals surface area contributed by atoms with Gasteiger partial charge in [-0.1, -0.05) is 27.2 Å². The highest BCUT2D eigenvalue weighted by molar-refractivity contribution is 7.13. The number of carboxylic acids is 1. The van der Waals surface area contributed by atoms with E-state index in [9.17, 15) is 9.90 Å². The zero-order chi connectivity index (χ0) is 15.6. The van der Waals surface area contributed by atoms with E-state index >= 15 is 0 Å². The predicted octanol–water partition coefficient (Wildman–Crippen LogP) is 4.09. The number of thiazole rings is 1. The fourth-order valence-corrected chi connectivity index (χ4v) is 4.35. The van der Waals surface area contributed by atoms with Gasteiger partial charge in [0, 0.05) is 7.11 Å². The van der Waals surface area contributed by atoms with Gasteiger partial charge in [0.25, 0.3) is 0 Å². The van der Waals surface area contributed by atoms with Gasteiger partial charge in [0.2, 0.25) is 0 Å². The first-order valence-corrected chi connectivity index (χ1v) is 8.48. The summed E-state index contributed by atoms with van der Waals surface area (Å²) in [6.45, 7) is 6.40. The Morgan fingerprint density at radius 2 is 2.29 bits per heavy atom. The van der Waals surface area contributed by atoms with Crippen molar-refractivity contribution in [2.75, 3.05) is 7.11 Å². The lowest BCUT2D eigenvalue weighted by atomic mass is 9.79.